The van der Waals surface area contributed by atoms with Gasteiger partial charge in [-0.2, -0.15) is 5.10 Å². The normalized spacial score (nSPS) is 12.0. The van der Waals surface area contributed by atoms with Crippen molar-refractivity contribution < 1.29 is 9.37 Å². The van der Waals surface area contributed by atoms with Crippen molar-refractivity contribution >= 4 is 41.1 Å². The van der Waals surface area contributed by atoms with Gasteiger partial charge in [-0.1, -0.05) is 23.2 Å². The van der Waals surface area contributed by atoms with Crippen LogP contribution >= 0.6 is 23.2 Å². The van der Waals surface area contributed by atoms with E-state index in [9.17, 15) is 0 Å². The molecule has 0 unspecified atom stereocenters. The summed E-state index contributed by atoms with van der Waals surface area (Å²) in [5.74, 6) is 0.396. The molecule has 0 radical (unpaired) electrons. The molecule has 110 valence electrons. The summed E-state index contributed by atoms with van der Waals surface area (Å²) in [5.41, 5.74) is 11.8. The molecule has 0 spiro atoms. The average Bonchev–Trinajstić information content (AvgIpc) is 2.84. The molecule has 8 nitrogen and oxygen atoms in total. The number of benzene rings is 1. The van der Waals surface area contributed by atoms with Gasteiger partial charge in [-0.05, 0) is 22.4 Å². The van der Waals surface area contributed by atoms with Crippen molar-refractivity contribution in [1.29, 1.82) is 0 Å². The number of hydrogen-bond acceptors (Lipinski definition) is 7. The summed E-state index contributed by atoms with van der Waals surface area (Å²) in [4.78, 5) is 0. The highest BCUT2D eigenvalue weighted by Gasteiger charge is 2.10. The van der Waals surface area contributed by atoms with E-state index in [0.717, 1.165) is 0 Å². The van der Waals surface area contributed by atoms with Crippen molar-refractivity contribution in [1.82, 2.24) is 10.3 Å². The van der Waals surface area contributed by atoms with E-state index in [1.54, 1.807) is 12.1 Å². The summed E-state index contributed by atoms with van der Waals surface area (Å²) in [6, 6.07) is 3.17. The highest BCUT2D eigenvalue weighted by molar-refractivity contribution is 6.36. The second-order valence-corrected chi connectivity index (χ2v) is 4.58. The predicted molar refractivity (Wildman–Crippen MR) is 80.0 cm³/mol. The third-order valence-corrected chi connectivity index (χ3v) is 2.86. The molecule has 0 atom stereocenters. The van der Waals surface area contributed by atoms with E-state index >= 15 is 0 Å². The second-order valence-electron chi connectivity index (χ2n) is 3.74. The Hall–Kier alpha value is -2.32. The van der Waals surface area contributed by atoms with Gasteiger partial charge < -0.3 is 16.2 Å². The Balaban J connectivity index is 2.28. The Bertz CT molecular complexity index is 713. The lowest BCUT2D eigenvalue weighted by atomic mass is 10.2. The molecule has 0 aliphatic heterocycles. The molecule has 0 fully saturated rings. The number of amidine groups is 1. The van der Waals surface area contributed by atoms with Crippen molar-refractivity contribution in [3.05, 3.63) is 33.4 Å². The van der Waals surface area contributed by atoms with E-state index in [1.165, 1.54) is 13.3 Å². The Morgan fingerprint density at radius 1 is 1.38 bits per heavy atom. The van der Waals surface area contributed by atoms with E-state index in [4.69, 9.17) is 39.4 Å². The zero-order valence-electron chi connectivity index (χ0n) is 10.7. The quantitative estimate of drug-likeness (QED) is 0.500. The first-order chi connectivity index (χ1) is 10.0. The maximum atomic E-state index is 6.00. The van der Waals surface area contributed by atoms with Gasteiger partial charge in [0.1, 0.15) is 5.75 Å². The summed E-state index contributed by atoms with van der Waals surface area (Å²) in [5, 5.41) is 15.2. The van der Waals surface area contributed by atoms with Crippen LogP contribution < -0.4 is 16.2 Å². The molecule has 0 bridgehead atoms. The number of nitrogens with zero attached hydrogens (tertiary/aromatic N) is 4. The van der Waals surface area contributed by atoms with Gasteiger partial charge in [0, 0.05) is 10.6 Å². The predicted octanol–water partition coefficient (Wildman–Crippen LogP) is 1.71. The number of nitrogen functional groups attached to an aromatic ring is 1. The fourth-order valence-corrected chi connectivity index (χ4v) is 2.05. The van der Waals surface area contributed by atoms with Gasteiger partial charge in [-0.25, -0.2) is 4.63 Å². The van der Waals surface area contributed by atoms with E-state index in [2.05, 4.69) is 25.1 Å². The number of halogens is 2. The molecule has 0 saturated carbocycles. The molecular weight excluding hydrogens is 319 g/mol. The molecule has 21 heavy (non-hydrogen) atoms. The first kappa shape index (κ1) is 15.1. The Morgan fingerprint density at radius 3 is 2.76 bits per heavy atom. The topological polar surface area (TPSA) is 125 Å². The van der Waals surface area contributed by atoms with Gasteiger partial charge >= 0.3 is 0 Å². The maximum Gasteiger partial charge on any atom is 0.199 e. The number of rotatable bonds is 4. The standard InChI is InChI=1S/C11H10Cl2N6O2/c1-20-9-5(2-6(12)3-7(9)13)4-16-17-10(14)8-11(15)19-21-18-8/h2-4H,1H3,(H2,14,17)(H2,15,19)/b16-4-. The van der Waals surface area contributed by atoms with Gasteiger partial charge in [0.15, 0.2) is 17.3 Å². The highest BCUT2D eigenvalue weighted by atomic mass is 35.5. The minimum Gasteiger partial charge on any atom is -0.495 e. The van der Waals surface area contributed by atoms with Crippen LogP contribution in [0.3, 0.4) is 0 Å². The molecule has 0 saturated heterocycles. The number of aromatic nitrogens is 2. The van der Waals surface area contributed by atoms with Gasteiger partial charge in [0.25, 0.3) is 0 Å². The third-order valence-electron chi connectivity index (χ3n) is 2.36. The van der Waals surface area contributed by atoms with Crippen LogP contribution in [0.1, 0.15) is 11.3 Å². The smallest absolute Gasteiger partial charge is 0.199 e. The zero-order chi connectivity index (χ0) is 15.4. The summed E-state index contributed by atoms with van der Waals surface area (Å²) in [6.07, 6.45) is 1.38. The lowest BCUT2D eigenvalue weighted by Gasteiger charge is -2.06. The Labute approximate surface area is 129 Å². The van der Waals surface area contributed by atoms with Crippen LogP contribution in [0.2, 0.25) is 10.0 Å². The first-order valence-electron chi connectivity index (χ1n) is 5.51. The van der Waals surface area contributed by atoms with Crippen molar-refractivity contribution in [3.8, 4) is 5.75 Å². The van der Waals surface area contributed by atoms with E-state index < -0.39 is 0 Å². The van der Waals surface area contributed by atoms with Crippen molar-refractivity contribution in [2.45, 2.75) is 0 Å². The zero-order valence-corrected chi connectivity index (χ0v) is 12.3. The molecule has 1 aromatic carbocycles. The third kappa shape index (κ3) is 3.41. The number of hydrogen-bond donors (Lipinski definition) is 2. The van der Waals surface area contributed by atoms with Crippen LogP contribution in [-0.4, -0.2) is 29.5 Å². The molecule has 1 aromatic heterocycles. The fourth-order valence-electron chi connectivity index (χ4n) is 1.47. The van der Waals surface area contributed by atoms with Crippen molar-refractivity contribution in [3.63, 3.8) is 0 Å². The van der Waals surface area contributed by atoms with Gasteiger partial charge in [-0.3, -0.25) is 0 Å². The maximum absolute atomic E-state index is 6.00. The molecule has 0 aliphatic carbocycles. The Morgan fingerprint density at radius 2 is 2.14 bits per heavy atom. The van der Waals surface area contributed by atoms with Crippen LogP contribution in [0.4, 0.5) is 5.82 Å². The van der Waals surface area contributed by atoms with Crippen LogP contribution in [0.15, 0.2) is 27.0 Å². The van der Waals surface area contributed by atoms with Crippen LogP contribution in [-0.2, 0) is 0 Å². The van der Waals surface area contributed by atoms with Crippen LogP contribution in [0.25, 0.3) is 0 Å². The number of ether oxygens (including phenoxy) is 1. The highest BCUT2D eigenvalue weighted by Crippen LogP contribution is 2.31. The van der Waals surface area contributed by atoms with Gasteiger partial charge in [0.2, 0.25) is 0 Å². The van der Waals surface area contributed by atoms with Gasteiger partial charge in [0.05, 0.1) is 18.3 Å². The number of anilines is 1. The summed E-state index contributed by atoms with van der Waals surface area (Å²) >= 11 is 11.9. The Kier molecular flexibility index (Phi) is 4.61. The van der Waals surface area contributed by atoms with Crippen molar-refractivity contribution in [2.24, 2.45) is 15.9 Å². The summed E-state index contributed by atoms with van der Waals surface area (Å²) in [7, 11) is 1.48. The lowest BCUT2D eigenvalue weighted by molar-refractivity contribution is 0.308. The average molecular weight is 329 g/mol. The molecule has 4 N–H and O–H groups in total. The number of methoxy groups -OCH3 is 1. The van der Waals surface area contributed by atoms with Gasteiger partial charge in [-0.15, -0.1) is 5.10 Å². The molecule has 2 aromatic rings. The molecule has 0 amide bonds. The van der Waals surface area contributed by atoms with Crippen molar-refractivity contribution in [2.75, 3.05) is 12.8 Å². The van der Waals surface area contributed by atoms with Crippen LogP contribution in [0.5, 0.6) is 5.75 Å². The molecule has 10 heteroatoms. The van der Waals surface area contributed by atoms with E-state index in [1.807, 2.05) is 0 Å². The molecular formula is C11H10Cl2N6O2. The minimum atomic E-state index is -0.0444. The monoisotopic (exact) mass is 328 g/mol. The lowest BCUT2D eigenvalue weighted by Crippen LogP contribution is -2.15. The minimum absolute atomic E-state index is 0.0230. The summed E-state index contributed by atoms with van der Waals surface area (Å²) in [6.45, 7) is 0. The van der Waals surface area contributed by atoms with Crippen LogP contribution in [0, 0.1) is 0 Å². The van der Waals surface area contributed by atoms with E-state index in [-0.39, 0.29) is 17.3 Å². The SMILES string of the molecule is COc1c(Cl)cc(Cl)cc1/C=N\N=C(N)c1nonc1N. The first-order valence-corrected chi connectivity index (χ1v) is 6.26. The summed E-state index contributed by atoms with van der Waals surface area (Å²) < 4.78 is 9.57. The molecule has 0 aliphatic rings. The molecule has 2 rings (SSSR count). The molecule has 1 heterocycles. The number of nitrogens with two attached hydrogens (primary N) is 2. The fraction of sp³-hybridized carbons (Fsp3) is 0.0909. The largest absolute Gasteiger partial charge is 0.495 e. The second kappa shape index (κ2) is 6.42. The van der Waals surface area contributed by atoms with E-state index in [0.29, 0.717) is 21.4 Å².